The lowest BCUT2D eigenvalue weighted by Crippen LogP contribution is -2.50. The number of carboxylic acids is 1. The van der Waals surface area contributed by atoms with E-state index < -0.39 is 11.5 Å². The quantitative estimate of drug-likeness (QED) is 0.843. The Balaban J connectivity index is 2.27. The van der Waals surface area contributed by atoms with Crippen molar-refractivity contribution in [2.24, 2.45) is 0 Å². The first-order chi connectivity index (χ1) is 7.55. The summed E-state index contributed by atoms with van der Waals surface area (Å²) >= 11 is 1.24. The highest BCUT2D eigenvalue weighted by Crippen LogP contribution is 2.31. The van der Waals surface area contributed by atoms with Crippen LogP contribution in [0.4, 0.5) is 0 Å². The van der Waals surface area contributed by atoms with Gasteiger partial charge >= 0.3 is 5.97 Å². The molecule has 0 saturated carbocycles. The molecule has 0 bridgehead atoms. The highest BCUT2D eigenvalue weighted by molar-refractivity contribution is 7.11. The van der Waals surface area contributed by atoms with E-state index in [4.69, 9.17) is 0 Å². The summed E-state index contributed by atoms with van der Waals surface area (Å²) < 4.78 is 0. The smallest absolute Gasteiger partial charge is 0.329 e. The molecule has 2 heterocycles. The van der Waals surface area contributed by atoms with E-state index in [1.165, 1.54) is 22.4 Å². The number of carbonyl (C=O) groups is 2. The van der Waals surface area contributed by atoms with Crippen LogP contribution in [0.2, 0.25) is 0 Å². The first-order valence-electron chi connectivity index (χ1n) is 4.99. The summed E-state index contributed by atoms with van der Waals surface area (Å²) in [7, 11) is 0. The predicted octanol–water partition coefficient (Wildman–Crippen LogP) is 1.22. The van der Waals surface area contributed by atoms with Crippen molar-refractivity contribution in [1.82, 2.24) is 9.88 Å². The Hall–Kier alpha value is -1.43. The van der Waals surface area contributed by atoms with E-state index in [0.717, 1.165) is 6.42 Å². The third-order valence-corrected chi connectivity index (χ3v) is 3.75. The molecule has 1 aromatic rings. The lowest BCUT2D eigenvalue weighted by Gasteiger charge is -2.30. The Bertz CT molecular complexity index is 418. The van der Waals surface area contributed by atoms with Crippen LogP contribution in [0.15, 0.2) is 11.7 Å². The van der Waals surface area contributed by atoms with Crippen molar-refractivity contribution in [3.8, 4) is 0 Å². The number of amides is 1. The van der Waals surface area contributed by atoms with Crippen molar-refractivity contribution >= 4 is 23.2 Å². The van der Waals surface area contributed by atoms with Gasteiger partial charge in [0.2, 0.25) is 0 Å². The molecule has 86 valence electrons. The Morgan fingerprint density at radius 1 is 1.62 bits per heavy atom. The van der Waals surface area contributed by atoms with Crippen molar-refractivity contribution < 1.29 is 14.7 Å². The molecule has 1 aromatic heterocycles. The maximum absolute atomic E-state index is 12.1. The van der Waals surface area contributed by atoms with Crippen LogP contribution in [-0.2, 0) is 4.79 Å². The summed E-state index contributed by atoms with van der Waals surface area (Å²) in [5.41, 5.74) is 0.502. The second-order valence-corrected chi connectivity index (χ2v) is 4.89. The van der Waals surface area contributed by atoms with E-state index in [0.29, 0.717) is 17.8 Å². The van der Waals surface area contributed by atoms with Gasteiger partial charge in [0.25, 0.3) is 5.91 Å². The van der Waals surface area contributed by atoms with Crippen molar-refractivity contribution in [3.63, 3.8) is 0 Å². The number of hydrogen-bond donors (Lipinski definition) is 1. The molecular formula is C10H12N2O3S. The Morgan fingerprint density at radius 2 is 2.38 bits per heavy atom. The minimum atomic E-state index is -1.07. The van der Waals surface area contributed by atoms with Gasteiger partial charge in [0, 0.05) is 6.54 Å². The van der Waals surface area contributed by atoms with Gasteiger partial charge in [-0.3, -0.25) is 9.78 Å². The van der Waals surface area contributed by atoms with E-state index in [1.807, 2.05) is 0 Å². The number of hydrogen-bond acceptors (Lipinski definition) is 4. The minimum Gasteiger partial charge on any atom is -0.480 e. The monoisotopic (exact) mass is 240 g/mol. The first-order valence-corrected chi connectivity index (χ1v) is 5.87. The number of aliphatic carboxylic acids is 1. The zero-order chi connectivity index (χ0) is 11.8. The van der Waals surface area contributed by atoms with E-state index in [2.05, 4.69) is 4.98 Å². The second kappa shape index (κ2) is 3.86. The van der Waals surface area contributed by atoms with E-state index >= 15 is 0 Å². The zero-order valence-electron chi connectivity index (χ0n) is 8.84. The molecule has 6 heteroatoms. The topological polar surface area (TPSA) is 70.5 Å². The van der Waals surface area contributed by atoms with E-state index in [-0.39, 0.29) is 5.91 Å². The van der Waals surface area contributed by atoms with Crippen molar-refractivity contribution in [1.29, 1.82) is 0 Å². The van der Waals surface area contributed by atoms with Gasteiger partial charge in [0.15, 0.2) is 0 Å². The van der Waals surface area contributed by atoms with Crippen LogP contribution >= 0.6 is 11.3 Å². The number of thiazole rings is 1. The van der Waals surface area contributed by atoms with Gasteiger partial charge in [-0.1, -0.05) is 0 Å². The number of nitrogens with zero attached hydrogens (tertiary/aromatic N) is 2. The minimum absolute atomic E-state index is 0.232. The average Bonchev–Trinajstić information content (AvgIpc) is 2.85. The van der Waals surface area contributed by atoms with Crippen LogP contribution in [0.25, 0.3) is 0 Å². The predicted molar refractivity (Wildman–Crippen MR) is 58.4 cm³/mol. The molecule has 1 aliphatic heterocycles. The molecule has 1 saturated heterocycles. The molecule has 1 unspecified atom stereocenters. The molecule has 2 rings (SSSR count). The molecule has 0 spiro atoms. The number of carbonyl (C=O) groups excluding carboxylic acids is 1. The molecule has 1 aliphatic rings. The summed E-state index contributed by atoms with van der Waals surface area (Å²) in [6, 6.07) is 0. The number of aromatic nitrogens is 1. The van der Waals surface area contributed by atoms with E-state index in [1.54, 1.807) is 12.4 Å². The Morgan fingerprint density at radius 3 is 2.94 bits per heavy atom. The van der Waals surface area contributed by atoms with Crippen LogP contribution < -0.4 is 0 Å². The average molecular weight is 240 g/mol. The molecule has 0 radical (unpaired) electrons. The van der Waals surface area contributed by atoms with Crippen LogP contribution in [0.1, 0.15) is 29.4 Å². The summed E-state index contributed by atoms with van der Waals surface area (Å²) in [5, 5.41) is 9.18. The standard InChI is InChI=1S/C10H12N2O3S/c1-10(9(14)15)3-2-4-12(10)8(13)7-5-11-6-16-7/h5-6H,2-4H2,1H3,(H,14,15). The molecule has 1 amide bonds. The maximum atomic E-state index is 12.1. The Kier molecular flexibility index (Phi) is 2.67. The van der Waals surface area contributed by atoms with Gasteiger partial charge in [0.1, 0.15) is 10.4 Å². The number of likely N-dealkylation sites (tertiary alicyclic amines) is 1. The Labute approximate surface area is 96.7 Å². The summed E-state index contributed by atoms with van der Waals surface area (Å²) in [5.74, 6) is -1.17. The van der Waals surface area contributed by atoms with Gasteiger partial charge in [0.05, 0.1) is 11.7 Å². The van der Waals surface area contributed by atoms with Crippen LogP contribution in [-0.4, -0.2) is 39.0 Å². The van der Waals surface area contributed by atoms with Crippen LogP contribution in [0.5, 0.6) is 0 Å². The van der Waals surface area contributed by atoms with E-state index in [9.17, 15) is 14.7 Å². The number of rotatable bonds is 2. The summed E-state index contributed by atoms with van der Waals surface area (Å²) in [6.45, 7) is 2.10. The molecule has 0 aliphatic carbocycles. The van der Waals surface area contributed by atoms with Crippen molar-refractivity contribution in [2.75, 3.05) is 6.54 Å². The third kappa shape index (κ3) is 1.59. The van der Waals surface area contributed by atoms with Crippen LogP contribution in [0, 0.1) is 0 Å². The molecule has 16 heavy (non-hydrogen) atoms. The lowest BCUT2D eigenvalue weighted by atomic mass is 9.99. The maximum Gasteiger partial charge on any atom is 0.329 e. The summed E-state index contributed by atoms with van der Waals surface area (Å²) in [6.07, 6.45) is 2.72. The fraction of sp³-hybridized carbons (Fsp3) is 0.500. The second-order valence-electron chi connectivity index (χ2n) is 4.01. The fourth-order valence-electron chi connectivity index (χ4n) is 1.97. The lowest BCUT2D eigenvalue weighted by molar-refractivity contribution is -0.147. The van der Waals surface area contributed by atoms with Gasteiger partial charge in [-0.15, -0.1) is 11.3 Å². The molecule has 1 N–H and O–H groups in total. The third-order valence-electron chi connectivity index (χ3n) is 2.99. The van der Waals surface area contributed by atoms with Crippen molar-refractivity contribution in [3.05, 3.63) is 16.6 Å². The van der Waals surface area contributed by atoms with Gasteiger partial charge < -0.3 is 10.0 Å². The zero-order valence-corrected chi connectivity index (χ0v) is 9.66. The molecule has 1 atom stereocenters. The van der Waals surface area contributed by atoms with Crippen molar-refractivity contribution in [2.45, 2.75) is 25.3 Å². The largest absolute Gasteiger partial charge is 0.480 e. The first kappa shape index (κ1) is 11.1. The number of carboxylic acid groups (broad SMARTS) is 1. The summed E-state index contributed by atoms with van der Waals surface area (Å²) in [4.78, 5) is 29.0. The molecule has 0 aromatic carbocycles. The molecular weight excluding hydrogens is 228 g/mol. The van der Waals surface area contributed by atoms with Crippen LogP contribution in [0.3, 0.4) is 0 Å². The molecule has 5 nitrogen and oxygen atoms in total. The molecule has 1 fully saturated rings. The fourth-order valence-corrected chi connectivity index (χ4v) is 2.53. The van der Waals surface area contributed by atoms with Gasteiger partial charge in [-0.2, -0.15) is 0 Å². The SMILES string of the molecule is CC1(C(=O)O)CCCN1C(=O)c1cncs1. The highest BCUT2D eigenvalue weighted by atomic mass is 32.1. The van der Waals surface area contributed by atoms with Gasteiger partial charge in [-0.05, 0) is 19.8 Å². The normalized spacial score (nSPS) is 24.7. The van der Waals surface area contributed by atoms with Gasteiger partial charge in [-0.25, -0.2) is 4.79 Å². The highest BCUT2D eigenvalue weighted by Gasteiger charge is 2.46.